The lowest BCUT2D eigenvalue weighted by atomic mass is 10.1. The topological polar surface area (TPSA) is 79.4 Å². The smallest absolute Gasteiger partial charge is 0.251 e. The molecule has 0 spiro atoms. The van der Waals surface area contributed by atoms with E-state index < -0.39 is 5.91 Å². The quantitative estimate of drug-likeness (QED) is 0.856. The third kappa shape index (κ3) is 1.58. The minimum atomic E-state index is -0.531. The van der Waals surface area contributed by atoms with Crippen molar-refractivity contribution < 1.29 is 14.3 Å². The minimum absolute atomic E-state index is 0.148. The Morgan fingerprint density at radius 1 is 1.39 bits per heavy atom. The Bertz CT molecular complexity index is 633. The van der Waals surface area contributed by atoms with E-state index in [-0.39, 0.29) is 6.79 Å². The molecule has 3 rings (SSSR count). The van der Waals surface area contributed by atoms with Crippen LogP contribution in [0.25, 0.3) is 5.69 Å². The summed E-state index contributed by atoms with van der Waals surface area (Å²) in [5.74, 6) is 0.580. The maximum Gasteiger partial charge on any atom is 0.251 e. The fraction of sp³-hybridized carbons (Fsp3) is 0.167. The highest BCUT2D eigenvalue weighted by Gasteiger charge is 2.20. The Labute approximate surface area is 103 Å². The summed E-state index contributed by atoms with van der Waals surface area (Å²) in [6.07, 6.45) is 1.76. The van der Waals surface area contributed by atoms with Gasteiger partial charge in [-0.3, -0.25) is 4.79 Å². The number of benzene rings is 1. The molecule has 0 saturated heterocycles. The van der Waals surface area contributed by atoms with Gasteiger partial charge in [-0.25, -0.2) is 4.68 Å². The number of hydrogen-bond donors (Lipinski definition) is 1. The van der Waals surface area contributed by atoms with E-state index in [1.165, 1.54) is 0 Å². The Balaban J connectivity index is 2.21. The molecular weight excluding hydrogens is 234 g/mol. The third-order valence-electron chi connectivity index (χ3n) is 2.73. The largest absolute Gasteiger partial charge is 0.454 e. The van der Waals surface area contributed by atoms with Gasteiger partial charge in [0, 0.05) is 12.3 Å². The van der Waals surface area contributed by atoms with Gasteiger partial charge in [0.1, 0.15) is 0 Å². The van der Waals surface area contributed by atoms with Gasteiger partial charge in [0.25, 0.3) is 5.91 Å². The van der Waals surface area contributed by atoms with Gasteiger partial charge in [0.2, 0.25) is 6.79 Å². The number of ether oxygens (including phenoxy) is 2. The summed E-state index contributed by atoms with van der Waals surface area (Å²) in [7, 11) is 0. The van der Waals surface area contributed by atoms with Crippen LogP contribution in [0.4, 0.5) is 0 Å². The summed E-state index contributed by atoms with van der Waals surface area (Å²) in [6, 6.07) is 5.13. The number of carbonyl (C=O) groups excluding carboxylic acids is 1. The molecule has 1 aliphatic heterocycles. The second-order valence-corrected chi connectivity index (χ2v) is 3.99. The fourth-order valence-electron chi connectivity index (χ4n) is 1.87. The molecule has 0 bridgehead atoms. The number of carbonyl (C=O) groups is 1. The number of aromatic nitrogens is 2. The molecule has 0 saturated carbocycles. The number of rotatable bonds is 2. The molecule has 0 unspecified atom stereocenters. The van der Waals surface area contributed by atoms with E-state index in [1.807, 2.05) is 13.0 Å². The third-order valence-corrected chi connectivity index (χ3v) is 2.73. The van der Waals surface area contributed by atoms with E-state index in [0.717, 1.165) is 5.69 Å². The zero-order chi connectivity index (χ0) is 12.7. The Hall–Kier alpha value is -2.50. The van der Waals surface area contributed by atoms with Gasteiger partial charge in [-0.05, 0) is 19.1 Å². The molecule has 6 nitrogen and oxygen atoms in total. The van der Waals surface area contributed by atoms with Crippen LogP contribution in [-0.2, 0) is 0 Å². The van der Waals surface area contributed by atoms with Crippen LogP contribution < -0.4 is 15.2 Å². The van der Waals surface area contributed by atoms with Crippen LogP contribution in [0.2, 0.25) is 0 Å². The van der Waals surface area contributed by atoms with Gasteiger partial charge in [0.15, 0.2) is 11.5 Å². The number of nitrogens with two attached hydrogens (primary N) is 1. The van der Waals surface area contributed by atoms with E-state index in [0.29, 0.717) is 22.7 Å². The van der Waals surface area contributed by atoms with Crippen molar-refractivity contribution in [3.63, 3.8) is 0 Å². The predicted molar refractivity (Wildman–Crippen MR) is 62.9 cm³/mol. The average Bonchev–Trinajstić information content (AvgIpc) is 2.94. The lowest BCUT2D eigenvalue weighted by Gasteiger charge is -2.08. The maximum absolute atomic E-state index is 11.5. The SMILES string of the molecule is Cc1ccn(-c2cc3c(cc2C(N)=O)OCO3)n1. The molecule has 0 aliphatic carbocycles. The number of hydrogen-bond acceptors (Lipinski definition) is 4. The van der Waals surface area contributed by atoms with E-state index in [4.69, 9.17) is 15.2 Å². The highest BCUT2D eigenvalue weighted by Crippen LogP contribution is 2.35. The molecular formula is C12H11N3O3. The van der Waals surface area contributed by atoms with Crippen LogP contribution in [0, 0.1) is 6.92 Å². The van der Waals surface area contributed by atoms with Crippen molar-refractivity contribution in [2.45, 2.75) is 6.92 Å². The first-order valence-electron chi connectivity index (χ1n) is 5.41. The van der Waals surface area contributed by atoms with Crippen LogP contribution in [0.1, 0.15) is 16.1 Å². The molecule has 2 N–H and O–H groups in total. The van der Waals surface area contributed by atoms with Gasteiger partial charge in [0.05, 0.1) is 16.9 Å². The molecule has 18 heavy (non-hydrogen) atoms. The number of amides is 1. The molecule has 1 aromatic heterocycles. The second-order valence-electron chi connectivity index (χ2n) is 3.99. The Morgan fingerprint density at radius 3 is 2.72 bits per heavy atom. The molecule has 0 atom stereocenters. The molecule has 2 aromatic rings. The van der Waals surface area contributed by atoms with Crippen molar-refractivity contribution in [3.05, 3.63) is 35.7 Å². The zero-order valence-electron chi connectivity index (χ0n) is 9.71. The van der Waals surface area contributed by atoms with Crippen molar-refractivity contribution in [2.24, 2.45) is 5.73 Å². The van der Waals surface area contributed by atoms with Crippen LogP contribution in [-0.4, -0.2) is 22.5 Å². The molecule has 1 aliphatic rings. The highest BCUT2D eigenvalue weighted by atomic mass is 16.7. The van der Waals surface area contributed by atoms with E-state index >= 15 is 0 Å². The van der Waals surface area contributed by atoms with E-state index in [2.05, 4.69) is 5.10 Å². The fourth-order valence-corrected chi connectivity index (χ4v) is 1.87. The maximum atomic E-state index is 11.5. The first-order valence-corrected chi connectivity index (χ1v) is 5.41. The van der Waals surface area contributed by atoms with Crippen LogP contribution >= 0.6 is 0 Å². The number of aryl methyl sites for hydroxylation is 1. The molecule has 92 valence electrons. The molecule has 1 amide bonds. The second kappa shape index (κ2) is 3.76. The summed E-state index contributed by atoms with van der Waals surface area (Å²) < 4.78 is 12.1. The van der Waals surface area contributed by atoms with Crippen molar-refractivity contribution in [3.8, 4) is 17.2 Å². The molecule has 0 fully saturated rings. The summed E-state index contributed by atoms with van der Waals surface area (Å²) in [6.45, 7) is 2.02. The molecule has 0 radical (unpaired) electrons. The lowest BCUT2D eigenvalue weighted by molar-refractivity contribution is 0.0999. The number of primary amides is 1. The zero-order valence-corrected chi connectivity index (χ0v) is 9.71. The summed E-state index contributed by atoms with van der Waals surface area (Å²) in [4.78, 5) is 11.5. The van der Waals surface area contributed by atoms with Crippen LogP contribution in [0.15, 0.2) is 24.4 Å². The monoisotopic (exact) mass is 245 g/mol. The van der Waals surface area contributed by atoms with Crippen LogP contribution in [0.5, 0.6) is 11.5 Å². The van der Waals surface area contributed by atoms with Crippen LogP contribution in [0.3, 0.4) is 0 Å². The number of nitrogens with zero attached hydrogens (tertiary/aromatic N) is 2. The molecule has 2 heterocycles. The Kier molecular flexibility index (Phi) is 2.22. The Morgan fingerprint density at radius 2 is 2.11 bits per heavy atom. The van der Waals surface area contributed by atoms with Gasteiger partial charge in [-0.2, -0.15) is 5.10 Å². The predicted octanol–water partition coefficient (Wildman–Crippen LogP) is 1.01. The van der Waals surface area contributed by atoms with E-state index in [9.17, 15) is 4.79 Å². The first kappa shape index (κ1) is 10.6. The van der Waals surface area contributed by atoms with Crippen molar-refractivity contribution in [1.29, 1.82) is 0 Å². The van der Waals surface area contributed by atoms with Gasteiger partial charge in [-0.15, -0.1) is 0 Å². The normalized spacial score (nSPS) is 12.7. The molecule has 1 aromatic carbocycles. The van der Waals surface area contributed by atoms with Gasteiger partial charge >= 0.3 is 0 Å². The molecule has 6 heteroatoms. The number of fused-ring (bicyclic) bond motifs is 1. The first-order chi connectivity index (χ1) is 8.65. The van der Waals surface area contributed by atoms with E-state index in [1.54, 1.807) is 23.0 Å². The van der Waals surface area contributed by atoms with Gasteiger partial charge < -0.3 is 15.2 Å². The van der Waals surface area contributed by atoms with Crippen molar-refractivity contribution in [2.75, 3.05) is 6.79 Å². The summed E-state index contributed by atoms with van der Waals surface area (Å²) >= 11 is 0. The van der Waals surface area contributed by atoms with Gasteiger partial charge in [-0.1, -0.05) is 0 Å². The van der Waals surface area contributed by atoms with Crippen molar-refractivity contribution in [1.82, 2.24) is 9.78 Å². The lowest BCUT2D eigenvalue weighted by Crippen LogP contribution is -2.15. The standard InChI is InChI=1S/C12H11N3O3/c1-7-2-3-15(14-7)9-5-11-10(17-6-18-11)4-8(9)12(13)16/h2-5H,6H2,1H3,(H2,13,16). The minimum Gasteiger partial charge on any atom is -0.454 e. The summed E-state index contributed by atoms with van der Waals surface area (Å²) in [5.41, 5.74) is 7.16. The summed E-state index contributed by atoms with van der Waals surface area (Å²) in [5, 5.41) is 4.26. The average molecular weight is 245 g/mol. The highest BCUT2D eigenvalue weighted by molar-refractivity contribution is 5.97. The van der Waals surface area contributed by atoms with Crippen molar-refractivity contribution >= 4 is 5.91 Å².